The highest BCUT2D eigenvalue weighted by atomic mass is 127. The van der Waals surface area contributed by atoms with E-state index < -0.39 is 0 Å². The van der Waals surface area contributed by atoms with Crippen molar-refractivity contribution in [1.29, 1.82) is 0 Å². The summed E-state index contributed by atoms with van der Waals surface area (Å²) < 4.78 is 0. The molecular weight excluding hydrogens is 463 g/mol. The molecule has 1 saturated heterocycles. The number of guanidine groups is 1. The van der Waals surface area contributed by atoms with Gasteiger partial charge >= 0.3 is 0 Å². The number of nitrogens with zero attached hydrogens (tertiary/aromatic N) is 3. The molecule has 0 radical (unpaired) electrons. The molecular formula is C18H27IN4S2. The van der Waals surface area contributed by atoms with Gasteiger partial charge in [0.05, 0.1) is 5.00 Å². The maximum atomic E-state index is 4.49. The van der Waals surface area contributed by atoms with Crippen LogP contribution in [-0.2, 0) is 6.42 Å². The minimum atomic E-state index is 0. The fourth-order valence-corrected chi connectivity index (χ4v) is 4.69. The standard InChI is InChI=1S/C18H26N4S2.HI/c1-15(13-16-5-3-11-23-16)14-20-18(19-2)22-9-7-21(8-10-22)17-6-4-12-24-17;/h3-6,11-12,15H,7-10,13-14H2,1-2H3,(H,19,20);1H. The van der Waals surface area contributed by atoms with Crippen LogP contribution in [-0.4, -0.2) is 50.6 Å². The molecule has 1 fully saturated rings. The summed E-state index contributed by atoms with van der Waals surface area (Å²) in [5, 5.41) is 9.25. The summed E-state index contributed by atoms with van der Waals surface area (Å²) >= 11 is 3.67. The summed E-state index contributed by atoms with van der Waals surface area (Å²) in [5.74, 6) is 1.65. The van der Waals surface area contributed by atoms with Gasteiger partial charge in [-0.3, -0.25) is 4.99 Å². The maximum Gasteiger partial charge on any atom is 0.193 e. The summed E-state index contributed by atoms with van der Waals surface area (Å²) in [6.07, 6.45) is 1.13. The fraction of sp³-hybridized carbons (Fsp3) is 0.500. The molecule has 1 N–H and O–H groups in total. The summed E-state index contributed by atoms with van der Waals surface area (Å²) in [7, 11) is 1.89. The number of piperazine rings is 1. The molecule has 7 heteroatoms. The van der Waals surface area contributed by atoms with Gasteiger partial charge in [-0.05, 0) is 41.3 Å². The Hall–Kier alpha value is -0.800. The Balaban J connectivity index is 0.00000225. The molecule has 25 heavy (non-hydrogen) atoms. The van der Waals surface area contributed by atoms with Gasteiger partial charge in [0.15, 0.2) is 5.96 Å². The highest BCUT2D eigenvalue weighted by molar-refractivity contribution is 14.0. The molecule has 3 rings (SSSR count). The Bertz CT molecular complexity index is 620. The molecule has 1 unspecified atom stereocenters. The molecule has 2 aromatic heterocycles. The minimum Gasteiger partial charge on any atom is -0.360 e. The van der Waals surface area contributed by atoms with Gasteiger partial charge in [0.1, 0.15) is 0 Å². The molecule has 1 atom stereocenters. The third-order valence-corrected chi connectivity index (χ3v) is 6.17. The number of aliphatic imine (C=N–C) groups is 1. The molecule has 0 saturated carbocycles. The van der Waals surface area contributed by atoms with Crippen molar-refractivity contribution in [3.63, 3.8) is 0 Å². The minimum absolute atomic E-state index is 0. The van der Waals surface area contributed by atoms with Gasteiger partial charge in [-0.25, -0.2) is 0 Å². The average Bonchev–Trinajstić information content (AvgIpc) is 3.29. The first kappa shape index (κ1) is 20.5. The number of hydrogen-bond donors (Lipinski definition) is 1. The topological polar surface area (TPSA) is 30.9 Å². The van der Waals surface area contributed by atoms with Crippen LogP contribution >= 0.6 is 46.7 Å². The second kappa shape index (κ2) is 10.4. The van der Waals surface area contributed by atoms with Gasteiger partial charge in [-0.15, -0.1) is 46.7 Å². The molecule has 0 amide bonds. The van der Waals surface area contributed by atoms with E-state index in [0.29, 0.717) is 5.92 Å². The Morgan fingerprint density at radius 1 is 1.16 bits per heavy atom. The molecule has 1 aliphatic rings. The number of hydrogen-bond acceptors (Lipinski definition) is 4. The molecule has 0 spiro atoms. The predicted molar refractivity (Wildman–Crippen MR) is 122 cm³/mol. The SMILES string of the molecule is CN=C(NCC(C)Cc1cccs1)N1CCN(c2cccs2)CC1.I. The van der Waals surface area contributed by atoms with Crippen LogP contribution in [0.15, 0.2) is 40.0 Å². The first-order valence-electron chi connectivity index (χ1n) is 8.52. The van der Waals surface area contributed by atoms with Crippen LogP contribution in [0.2, 0.25) is 0 Å². The highest BCUT2D eigenvalue weighted by Crippen LogP contribution is 2.22. The number of thiophene rings is 2. The molecule has 1 aliphatic heterocycles. The van der Waals surface area contributed by atoms with Crippen molar-refractivity contribution in [1.82, 2.24) is 10.2 Å². The zero-order valence-electron chi connectivity index (χ0n) is 14.9. The van der Waals surface area contributed by atoms with E-state index in [1.54, 1.807) is 0 Å². The lowest BCUT2D eigenvalue weighted by Gasteiger charge is -2.37. The molecule has 2 aromatic rings. The van der Waals surface area contributed by atoms with E-state index in [9.17, 15) is 0 Å². The van der Waals surface area contributed by atoms with Crippen molar-refractivity contribution in [2.24, 2.45) is 10.9 Å². The fourth-order valence-electron chi connectivity index (χ4n) is 3.03. The van der Waals surface area contributed by atoms with Gasteiger partial charge in [-0.1, -0.05) is 13.0 Å². The molecule has 3 heterocycles. The van der Waals surface area contributed by atoms with Crippen molar-refractivity contribution < 1.29 is 0 Å². The summed E-state index contributed by atoms with van der Waals surface area (Å²) in [4.78, 5) is 10.8. The van der Waals surface area contributed by atoms with E-state index in [1.165, 1.54) is 9.88 Å². The maximum absolute atomic E-state index is 4.49. The number of nitrogens with one attached hydrogen (secondary N) is 1. The zero-order chi connectivity index (χ0) is 16.8. The van der Waals surface area contributed by atoms with E-state index in [2.05, 4.69) is 62.1 Å². The second-order valence-electron chi connectivity index (χ2n) is 6.24. The molecule has 0 bridgehead atoms. The van der Waals surface area contributed by atoms with Crippen molar-refractivity contribution in [3.8, 4) is 0 Å². The normalized spacial score (nSPS) is 16.5. The monoisotopic (exact) mass is 490 g/mol. The van der Waals surface area contributed by atoms with E-state index in [1.807, 2.05) is 29.7 Å². The van der Waals surface area contributed by atoms with Gasteiger partial charge in [0.2, 0.25) is 0 Å². The van der Waals surface area contributed by atoms with Gasteiger partial charge in [0.25, 0.3) is 0 Å². The number of anilines is 1. The first-order chi connectivity index (χ1) is 11.8. The zero-order valence-corrected chi connectivity index (χ0v) is 18.8. The largest absolute Gasteiger partial charge is 0.360 e. The predicted octanol–water partition coefficient (Wildman–Crippen LogP) is 4.00. The Morgan fingerprint density at radius 2 is 1.88 bits per heavy atom. The van der Waals surface area contributed by atoms with E-state index in [-0.39, 0.29) is 24.0 Å². The van der Waals surface area contributed by atoms with Gasteiger partial charge < -0.3 is 15.1 Å². The Kier molecular flexibility index (Phi) is 8.51. The van der Waals surface area contributed by atoms with Crippen molar-refractivity contribution in [3.05, 3.63) is 39.9 Å². The number of rotatable bonds is 5. The molecule has 0 aliphatic carbocycles. The van der Waals surface area contributed by atoms with Crippen molar-refractivity contribution in [2.45, 2.75) is 13.3 Å². The lowest BCUT2D eigenvalue weighted by molar-refractivity contribution is 0.370. The van der Waals surface area contributed by atoms with E-state index in [0.717, 1.165) is 45.1 Å². The van der Waals surface area contributed by atoms with Crippen molar-refractivity contribution in [2.75, 3.05) is 44.7 Å². The Morgan fingerprint density at radius 3 is 2.48 bits per heavy atom. The molecule has 0 aromatic carbocycles. The third-order valence-electron chi connectivity index (χ3n) is 4.35. The average molecular weight is 490 g/mol. The summed E-state index contributed by atoms with van der Waals surface area (Å²) in [6, 6.07) is 8.69. The Labute approximate surface area is 176 Å². The third kappa shape index (κ3) is 5.86. The van der Waals surface area contributed by atoms with Crippen LogP contribution < -0.4 is 10.2 Å². The lowest BCUT2D eigenvalue weighted by atomic mass is 10.1. The highest BCUT2D eigenvalue weighted by Gasteiger charge is 2.20. The lowest BCUT2D eigenvalue weighted by Crippen LogP contribution is -2.53. The first-order valence-corrected chi connectivity index (χ1v) is 10.3. The summed E-state index contributed by atoms with van der Waals surface area (Å²) in [6.45, 7) is 7.44. The van der Waals surface area contributed by atoms with Gasteiger partial charge in [0, 0.05) is 44.6 Å². The van der Waals surface area contributed by atoms with Crippen LogP contribution in [0.5, 0.6) is 0 Å². The van der Waals surface area contributed by atoms with E-state index >= 15 is 0 Å². The number of halogens is 1. The van der Waals surface area contributed by atoms with Crippen LogP contribution in [0.3, 0.4) is 0 Å². The smallest absolute Gasteiger partial charge is 0.193 e. The molecule has 4 nitrogen and oxygen atoms in total. The van der Waals surface area contributed by atoms with Crippen LogP contribution in [0.25, 0.3) is 0 Å². The second-order valence-corrected chi connectivity index (χ2v) is 8.20. The summed E-state index contributed by atoms with van der Waals surface area (Å²) in [5.41, 5.74) is 0. The van der Waals surface area contributed by atoms with Crippen LogP contribution in [0.1, 0.15) is 11.8 Å². The van der Waals surface area contributed by atoms with Gasteiger partial charge in [-0.2, -0.15) is 0 Å². The van der Waals surface area contributed by atoms with Crippen LogP contribution in [0, 0.1) is 5.92 Å². The molecule has 138 valence electrons. The van der Waals surface area contributed by atoms with Crippen molar-refractivity contribution >= 4 is 57.6 Å². The van der Waals surface area contributed by atoms with E-state index in [4.69, 9.17) is 0 Å². The van der Waals surface area contributed by atoms with Crippen LogP contribution in [0.4, 0.5) is 5.00 Å². The quantitative estimate of drug-likeness (QED) is 0.391.